The fourth-order valence-corrected chi connectivity index (χ4v) is 6.67. The molecule has 0 aromatic rings. The van der Waals surface area contributed by atoms with Gasteiger partial charge in [0.1, 0.15) is 13.2 Å². The first-order valence-corrected chi connectivity index (χ1v) is 24.1. The highest BCUT2D eigenvalue weighted by molar-refractivity contribution is 5.71. The monoisotopic (exact) mass is 799 g/mol. The third kappa shape index (κ3) is 44.3. The summed E-state index contributed by atoms with van der Waals surface area (Å²) in [7, 11) is 0. The molecule has 0 saturated carbocycles. The summed E-state index contributed by atoms with van der Waals surface area (Å²) in [4.78, 5) is 37.8. The van der Waals surface area contributed by atoms with Gasteiger partial charge in [-0.15, -0.1) is 0 Å². The van der Waals surface area contributed by atoms with Gasteiger partial charge >= 0.3 is 17.9 Å². The topological polar surface area (TPSA) is 78.9 Å². The highest BCUT2D eigenvalue weighted by Crippen LogP contribution is 2.14. The number of unbranched alkanes of at least 4 members (excludes halogenated alkanes) is 24. The smallest absolute Gasteiger partial charge is 0.306 e. The third-order valence-corrected chi connectivity index (χ3v) is 10.3. The number of hydrogen-bond acceptors (Lipinski definition) is 6. The van der Waals surface area contributed by atoms with Crippen molar-refractivity contribution in [3.63, 3.8) is 0 Å². The van der Waals surface area contributed by atoms with Crippen LogP contribution in [0.1, 0.15) is 239 Å². The van der Waals surface area contributed by atoms with Crippen molar-refractivity contribution in [2.45, 2.75) is 245 Å². The number of hydrogen-bond donors (Lipinski definition) is 0. The summed E-state index contributed by atoms with van der Waals surface area (Å²) in [5, 5.41) is 0. The summed E-state index contributed by atoms with van der Waals surface area (Å²) >= 11 is 0. The van der Waals surface area contributed by atoms with Crippen LogP contribution in [0, 0.1) is 0 Å². The zero-order valence-corrected chi connectivity index (χ0v) is 37.6. The van der Waals surface area contributed by atoms with Crippen LogP contribution in [0.5, 0.6) is 0 Å². The average Bonchev–Trinajstić information content (AvgIpc) is 3.21. The molecule has 330 valence electrons. The van der Waals surface area contributed by atoms with Crippen LogP contribution in [0.25, 0.3) is 0 Å². The van der Waals surface area contributed by atoms with Crippen molar-refractivity contribution in [1.29, 1.82) is 0 Å². The van der Waals surface area contributed by atoms with Crippen molar-refractivity contribution in [3.05, 3.63) is 48.6 Å². The van der Waals surface area contributed by atoms with E-state index in [4.69, 9.17) is 14.2 Å². The molecule has 57 heavy (non-hydrogen) atoms. The second-order valence-corrected chi connectivity index (χ2v) is 16.0. The minimum atomic E-state index is -0.788. The summed E-state index contributed by atoms with van der Waals surface area (Å²) in [6, 6.07) is 0. The van der Waals surface area contributed by atoms with Gasteiger partial charge in [-0.3, -0.25) is 14.4 Å². The molecule has 0 aromatic carbocycles. The predicted octanol–water partition coefficient (Wildman–Crippen LogP) is 15.5. The zero-order chi connectivity index (χ0) is 41.5. The Hall–Kier alpha value is -2.63. The summed E-state index contributed by atoms with van der Waals surface area (Å²) in [5.41, 5.74) is 0. The Bertz CT molecular complexity index is 1010. The average molecular weight is 799 g/mol. The van der Waals surface area contributed by atoms with E-state index in [-0.39, 0.29) is 37.5 Å². The molecule has 6 heteroatoms. The second kappa shape index (κ2) is 46.1. The molecular formula is C51H90O6. The molecule has 0 bridgehead atoms. The van der Waals surface area contributed by atoms with Crippen LogP contribution in [-0.2, 0) is 28.6 Å². The van der Waals surface area contributed by atoms with Gasteiger partial charge in [-0.2, -0.15) is 0 Å². The van der Waals surface area contributed by atoms with Gasteiger partial charge < -0.3 is 14.2 Å². The largest absolute Gasteiger partial charge is 0.462 e. The number of esters is 3. The van der Waals surface area contributed by atoms with Crippen LogP contribution in [0.3, 0.4) is 0 Å². The van der Waals surface area contributed by atoms with E-state index < -0.39 is 6.10 Å². The molecular weight excluding hydrogens is 709 g/mol. The Kier molecular flexibility index (Phi) is 43.9. The summed E-state index contributed by atoms with van der Waals surface area (Å²) < 4.78 is 16.7. The van der Waals surface area contributed by atoms with Crippen LogP contribution >= 0.6 is 0 Å². The fourth-order valence-electron chi connectivity index (χ4n) is 6.67. The van der Waals surface area contributed by atoms with E-state index in [1.54, 1.807) is 0 Å². The van der Waals surface area contributed by atoms with Crippen molar-refractivity contribution < 1.29 is 28.6 Å². The molecule has 0 unspecified atom stereocenters. The molecule has 0 aromatic heterocycles. The molecule has 0 spiro atoms. The normalized spacial score (nSPS) is 12.4. The molecule has 0 saturated heterocycles. The van der Waals surface area contributed by atoms with Crippen molar-refractivity contribution in [2.75, 3.05) is 13.2 Å². The Morgan fingerprint density at radius 2 is 0.649 bits per heavy atom. The molecule has 0 fully saturated rings. The summed E-state index contributed by atoms with van der Waals surface area (Å²) in [6.45, 7) is 6.55. The standard InChI is InChI=1S/C51H90O6/c1-4-7-10-13-16-19-22-23-24-25-26-27-30-32-35-38-41-44-50(53)56-47-48(57-51(54)45-42-39-36-33-29-21-18-15-12-9-6-3)46-55-49(52)43-40-37-34-31-28-20-17-14-11-8-5-2/h16,19,23-24,26-27,32,35,48H,4-15,17-18,20-22,25,28-31,33-34,36-47H2,1-3H3/b19-16-,24-23-,27-26-,35-32-/t48-/m0/s1. The van der Waals surface area contributed by atoms with Crippen molar-refractivity contribution in [2.24, 2.45) is 0 Å². The lowest BCUT2D eigenvalue weighted by Crippen LogP contribution is -2.30. The number of carbonyl (C=O) groups is 3. The fraction of sp³-hybridized carbons (Fsp3) is 0.784. The lowest BCUT2D eigenvalue weighted by atomic mass is 10.1. The van der Waals surface area contributed by atoms with Crippen LogP contribution in [-0.4, -0.2) is 37.2 Å². The quantitative estimate of drug-likeness (QED) is 0.0265. The second-order valence-electron chi connectivity index (χ2n) is 16.0. The Balaban J connectivity index is 4.43. The SMILES string of the molecule is CCCCC/C=C\C/C=C\C/C=C\C/C=C\CCCC(=O)OC[C@H](COC(=O)CCCCCCCCCCCCC)OC(=O)CCCCCCCCCCCCC. The van der Waals surface area contributed by atoms with E-state index in [9.17, 15) is 14.4 Å². The van der Waals surface area contributed by atoms with E-state index >= 15 is 0 Å². The molecule has 0 N–H and O–H groups in total. The molecule has 6 nitrogen and oxygen atoms in total. The molecule has 1 atom stereocenters. The Morgan fingerprint density at radius 1 is 0.351 bits per heavy atom. The molecule has 0 heterocycles. The third-order valence-electron chi connectivity index (χ3n) is 10.3. The number of allylic oxidation sites excluding steroid dienone is 8. The number of carbonyl (C=O) groups excluding carboxylic acids is 3. The van der Waals surface area contributed by atoms with Crippen molar-refractivity contribution >= 4 is 17.9 Å². The lowest BCUT2D eigenvalue weighted by Gasteiger charge is -2.18. The zero-order valence-electron chi connectivity index (χ0n) is 37.6. The van der Waals surface area contributed by atoms with Gasteiger partial charge in [-0.1, -0.05) is 211 Å². The first kappa shape index (κ1) is 54.4. The van der Waals surface area contributed by atoms with Gasteiger partial charge in [0.25, 0.3) is 0 Å². The molecule has 0 rings (SSSR count). The van der Waals surface area contributed by atoms with Crippen LogP contribution in [0.15, 0.2) is 48.6 Å². The molecule has 0 aliphatic heterocycles. The van der Waals surface area contributed by atoms with Gasteiger partial charge in [0.2, 0.25) is 0 Å². The summed E-state index contributed by atoms with van der Waals surface area (Å²) in [6.07, 6.45) is 53.8. The molecule has 0 aliphatic carbocycles. The molecule has 0 amide bonds. The van der Waals surface area contributed by atoms with Gasteiger partial charge in [-0.05, 0) is 57.8 Å². The lowest BCUT2D eigenvalue weighted by molar-refractivity contribution is -0.167. The van der Waals surface area contributed by atoms with Crippen LogP contribution < -0.4 is 0 Å². The first-order valence-electron chi connectivity index (χ1n) is 24.1. The minimum absolute atomic E-state index is 0.0869. The van der Waals surface area contributed by atoms with E-state index in [2.05, 4.69) is 69.4 Å². The number of rotatable bonds is 43. The van der Waals surface area contributed by atoms with Crippen molar-refractivity contribution in [1.82, 2.24) is 0 Å². The highest BCUT2D eigenvalue weighted by atomic mass is 16.6. The van der Waals surface area contributed by atoms with E-state index in [0.29, 0.717) is 19.3 Å². The Morgan fingerprint density at radius 3 is 1.05 bits per heavy atom. The highest BCUT2D eigenvalue weighted by Gasteiger charge is 2.19. The van der Waals surface area contributed by atoms with E-state index in [1.807, 2.05) is 0 Å². The maximum Gasteiger partial charge on any atom is 0.306 e. The van der Waals surface area contributed by atoms with E-state index in [1.165, 1.54) is 128 Å². The Labute approximate surface area is 352 Å². The van der Waals surface area contributed by atoms with Crippen molar-refractivity contribution in [3.8, 4) is 0 Å². The maximum absolute atomic E-state index is 12.7. The molecule has 0 radical (unpaired) electrons. The number of ether oxygens (including phenoxy) is 3. The van der Waals surface area contributed by atoms with Gasteiger partial charge in [-0.25, -0.2) is 0 Å². The van der Waals surface area contributed by atoms with Gasteiger partial charge in [0, 0.05) is 19.3 Å². The molecule has 0 aliphatic rings. The minimum Gasteiger partial charge on any atom is -0.462 e. The summed E-state index contributed by atoms with van der Waals surface area (Å²) in [5.74, 6) is -0.943. The van der Waals surface area contributed by atoms with E-state index in [0.717, 1.165) is 64.2 Å². The van der Waals surface area contributed by atoms with Crippen LogP contribution in [0.2, 0.25) is 0 Å². The maximum atomic E-state index is 12.7. The van der Waals surface area contributed by atoms with Gasteiger partial charge in [0.15, 0.2) is 6.10 Å². The predicted molar refractivity (Wildman–Crippen MR) is 242 cm³/mol. The first-order chi connectivity index (χ1) is 28.0. The van der Waals surface area contributed by atoms with Gasteiger partial charge in [0.05, 0.1) is 0 Å². The van der Waals surface area contributed by atoms with Crippen LogP contribution in [0.4, 0.5) is 0 Å².